The van der Waals surface area contributed by atoms with Crippen LogP contribution >= 0.6 is 12.4 Å². The fourth-order valence-electron chi connectivity index (χ4n) is 2.15. The number of amides is 1. The molecule has 0 aliphatic carbocycles. The molecule has 136 valence electrons. The first kappa shape index (κ1) is 20.5. The third-order valence-corrected chi connectivity index (χ3v) is 3.29. The lowest BCUT2D eigenvalue weighted by atomic mass is 10.2. The number of carbonyl (C=O) groups excluding carboxylic acids is 1. The van der Waals surface area contributed by atoms with Crippen molar-refractivity contribution in [3.63, 3.8) is 0 Å². The monoisotopic (exact) mass is 368 g/mol. The van der Waals surface area contributed by atoms with Crippen molar-refractivity contribution in [1.82, 2.24) is 10.6 Å². The van der Waals surface area contributed by atoms with E-state index in [4.69, 9.17) is 9.47 Å². The van der Waals surface area contributed by atoms with Gasteiger partial charge in [0, 0.05) is 13.1 Å². The van der Waals surface area contributed by atoms with Gasteiger partial charge in [-0.25, -0.2) is 0 Å². The van der Waals surface area contributed by atoms with E-state index in [0.29, 0.717) is 19.7 Å². The molecule has 2 unspecified atom stereocenters. The average Bonchev–Trinajstić information content (AvgIpc) is 2.53. The summed E-state index contributed by atoms with van der Waals surface area (Å²) in [5.74, 6) is -0.561. The van der Waals surface area contributed by atoms with Crippen molar-refractivity contribution >= 4 is 18.3 Å². The lowest BCUT2D eigenvalue weighted by molar-refractivity contribution is -0.139. The molecule has 24 heavy (non-hydrogen) atoms. The molecule has 1 aliphatic rings. The minimum absolute atomic E-state index is 0. The minimum Gasteiger partial charge on any atom is -0.491 e. The molecule has 2 N–H and O–H groups in total. The number of benzene rings is 1. The van der Waals surface area contributed by atoms with Gasteiger partial charge in [-0.15, -0.1) is 12.4 Å². The molecular weight excluding hydrogens is 349 g/mol. The lowest BCUT2D eigenvalue weighted by Gasteiger charge is -2.24. The average molecular weight is 369 g/mol. The number of ether oxygens (including phenoxy) is 2. The fraction of sp³-hybridized carbons (Fsp3) is 0.533. The highest BCUT2D eigenvalue weighted by Crippen LogP contribution is 2.35. The number of carbonyl (C=O) groups is 1. The van der Waals surface area contributed by atoms with Gasteiger partial charge < -0.3 is 20.1 Å². The molecule has 0 saturated carbocycles. The van der Waals surface area contributed by atoms with E-state index >= 15 is 0 Å². The largest absolute Gasteiger partial charge is 0.491 e. The summed E-state index contributed by atoms with van der Waals surface area (Å²) in [6.45, 7) is 3.14. The van der Waals surface area contributed by atoms with Crippen LogP contribution in [-0.2, 0) is 15.7 Å². The molecule has 1 saturated heterocycles. The number of halogens is 4. The van der Waals surface area contributed by atoms with Crippen LogP contribution < -0.4 is 15.4 Å². The molecule has 1 fully saturated rings. The summed E-state index contributed by atoms with van der Waals surface area (Å²) >= 11 is 0. The quantitative estimate of drug-likeness (QED) is 0.834. The Hall–Kier alpha value is -1.51. The molecule has 1 heterocycles. The lowest BCUT2D eigenvalue weighted by Crippen LogP contribution is -2.50. The van der Waals surface area contributed by atoms with E-state index in [1.807, 2.05) is 0 Å². The first-order valence-corrected chi connectivity index (χ1v) is 7.29. The zero-order valence-electron chi connectivity index (χ0n) is 13.1. The van der Waals surface area contributed by atoms with Gasteiger partial charge in [-0.3, -0.25) is 4.79 Å². The molecule has 5 nitrogen and oxygen atoms in total. The Bertz CT molecular complexity index is 537. The van der Waals surface area contributed by atoms with Gasteiger partial charge in [-0.1, -0.05) is 12.1 Å². The van der Waals surface area contributed by atoms with Crippen molar-refractivity contribution in [2.75, 3.05) is 26.3 Å². The molecule has 1 aromatic carbocycles. The van der Waals surface area contributed by atoms with Crippen molar-refractivity contribution < 1.29 is 27.4 Å². The summed E-state index contributed by atoms with van der Waals surface area (Å²) in [5.41, 5.74) is -0.835. The second kappa shape index (κ2) is 9.10. The van der Waals surface area contributed by atoms with Gasteiger partial charge in [0.1, 0.15) is 18.5 Å². The van der Waals surface area contributed by atoms with E-state index in [0.717, 1.165) is 6.07 Å². The Morgan fingerprint density at radius 2 is 2.17 bits per heavy atom. The standard InChI is InChI=1S/C15H19F3N2O3.ClH/c1-10(20-14(21)13-8-19-6-7-22-13)9-23-12-5-3-2-4-11(12)15(16,17)18;/h2-5,10,13,19H,6-9H2,1H3,(H,20,21);1H. The molecule has 1 aliphatic heterocycles. The van der Waals surface area contributed by atoms with Crippen LogP contribution in [0.5, 0.6) is 5.75 Å². The summed E-state index contributed by atoms with van der Waals surface area (Å²) in [4.78, 5) is 11.9. The number of rotatable bonds is 5. The van der Waals surface area contributed by atoms with E-state index in [1.165, 1.54) is 18.2 Å². The van der Waals surface area contributed by atoms with Crippen molar-refractivity contribution in [3.05, 3.63) is 29.8 Å². The van der Waals surface area contributed by atoms with Crippen LogP contribution in [0.15, 0.2) is 24.3 Å². The third-order valence-electron chi connectivity index (χ3n) is 3.29. The van der Waals surface area contributed by atoms with Gasteiger partial charge in [0.25, 0.3) is 5.91 Å². The van der Waals surface area contributed by atoms with Crippen molar-refractivity contribution in [1.29, 1.82) is 0 Å². The SMILES string of the molecule is CC(COc1ccccc1C(F)(F)F)NC(=O)C1CNCCO1.Cl. The van der Waals surface area contributed by atoms with E-state index in [9.17, 15) is 18.0 Å². The maximum absolute atomic E-state index is 12.9. The van der Waals surface area contributed by atoms with Crippen molar-refractivity contribution in [2.45, 2.75) is 25.2 Å². The highest BCUT2D eigenvalue weighted by atomic mass is 35.5. The van der Waals surface area contributed by atoms with Crippen LogP contribution in [-0.4, -0.2) is 44.4 Å². The molecule has 1 aromatic rings. The van der Waals surface area contributed by atoms with Crippen LogP contribution in [0.25, 0.3) is 0 Å². The molecule has 1 amide bonds. The number of morpholine rings is 1. The molecule has 2 rings (SSSR count). The Morgan fingerprint density at radius 1 is 1.46 bits per heavy atom. The van der Waals surface area contributed by atoms with Crippen molar-refractivity contribution in [3.8, 4) is 5.75 Å². The van der Waals surface area contributed by atoms with E-state index in [2.05, 4.69) is 10.6 Å². The Morgan fingerprint density at radius 3 is 2.79 bits per heavy atom. The molecule has 0 aromatic heterocycles. The summed E-state index contributed by atoms with van der Waals surface area (Å²) in [6.07, 6.45) is -5.07. The molecule has 0 radical (unpaired) electrons. The van der Waals surface area contributed by atoms with Crippen LogP contribution in [0.4, 0.5) is 13.2 Å². The van der Waals surface area contributed by atoms with E-state index in [1.54, 1.807) is 6.92 Å². The first-order chi connectivity index (χ1) is 10.9. The second-order valence-electron chi connectivity index (χ2n) is 5.28. The van der Waals surface area contributed by atoms with Crippen LogP contribution in [0, 0.1) is 0 Å². The van der Waals surface area contributed by atoms with E-state index < -0.39 is 23.9 Å². The van der Waals surface area contributed by atoms with Crippen LogP contribution in [0.1, 0.15) is 12.5 Å². The smallest absolute Gasteiger partial charge is 0.419 e. The second-order valence-corrected chi connectivity index (χ2v) is 5.28. The third kappa shape index (κ3) is 5.85. The van der Waals surface area contributed by atoms with Gasteiger partial charge >= 0.3 is 6.18 Å². The van der Waals surface area contributed by atoms with Gasteiger partial charge in [-0.05, 0) is 19.1 Å². The minimum atomic E-state index is -4.48. The van der Waals surface area contributed by atoms with Gasteiger partial charge in [-0.2, -0.15) is 13.2 Å². The summed E-state index contributed by atoms with van der Waals surface area (Å²) in [6, 6.07) is 4.53. The topological polar surface area (TPSA) is 59.6 Å². The molecular formula is C15H20ClF3N2O3. The van der Waals surface area contributed by atoms with Crippen LogP contribution in [0.2, 0.25) is 0 Å². The molecule has 2 atom stereocenters. The molecule has 9 heteroatoms. The van der Waals surface area contributed by atoms with Gasteiger partial charge in [0.15, 0.2) is 0 Å². The summed E-state index contributed by atoms with van der Waals surface area (Å²) in [7, 11) is 0. The van der Waals surface area contributed by atoms with Crippen LogP contribution in [0.3, 0.4) is 0 Å². The van der Waals surface area contributed by atoms with E-state index in [-0.39, 0.29) is 30.7 Å². The molecule has 0 spiro atoms. The number of para-hydroxylation sites is 1. The summed E-state index contributed by atoms with van der Waals surface area (Å²) < 4.78 is 49.1. The fourth-order valence-corrected chi connectivity index (χ4v) is 2.15. The number of hydrogen-bond acceptors (Lipinski definition) is 4. The number of hydrogen-bond donors (Lipinski definition) is 2. The summed E-state index contributed by atoms with van der Waals surface area (Å²) in [5, 5.41) is 5.70. The predicted octanol–water partition coefficient (Wildman–Crippen LogP) is 2.00. The van der Waals surface area contributed by atoms with Gasteiger partial charge in [0.2, 0.25) is 0 Å². The zero-order valence-corrected chi connectivity index (χ0v) is 13.9. The highest BCUT2D eigenvalue weighted by Gasteiger charge is 2.34. The Labute approximate surface area is 144 Å². The maximum Gasteiger partial charge on any atom is 0.419 e. The number of alkyl halides is 3. The Balaban J connectivity index is 0.00000288. The van der Waals surface area contributed by atoms with Gasteiger partial charge in [0.05, 0.1) is 18.2 Å². The first-order valence-electron chi connectivity index (χ1n) is 7.29. The highest BCUT2D eigenvalue weighted by molar-refractivity contribution is 5.85. The number of nitrogens with one attached hydrogen (secondary N) is 2. The Kier molecular flexibility index (Phi) is 7.78. The zero-order chi connectivity index (χ0) is 16.9. The predicted molar refractivity (Wildman–Crippen MR) is 84.4 cm³/mol. The normalized spacial score (nSPS) is 19.1. The maximum atomic E-state index is 12.9. The molecule has 0 bridgehead atoms. The van der Waals surface area contributed by atoms with Crippen molar-refractivity contribution in [2.24, 2.45) is 0 Å².